The van der Waals surface area contributed by atoms with Gasteiger partial charge in [0.15, 0.2) is 9.84 Å². The van der Waals surface area contributed by atoms with Crippen molar-refractivity contribution in [3.63, 3.8) is 0 Å². The molecule has 1 aromatic heterocycles. The van der Waals surface area contributed by atoms with Crippen molar-refractivity contribution in [3.05, 3.63) is 40.4 Å². The molecule has 1 saturated heterocycles. The zero-order valence-electron chi connectivity index (χ0n) is 13.1. The lowest BCUT2D eigenvalue weighted by atomic mass is 10.0. The van der Waals surface area contributed by atoms with E-state index in [9.17, 15) is 13.2 Å². The molecular formula is C16H17ClN2O3S2. The van der Waals surface area contributed by atoms with Gasteiger partial charge in [0.05, 0.1) is 34.2 Å². The van der Waals surface area contributed by atoms with Crippen molar-refractivity contribution in [2.45, 2.75) is 25.3 Å². The number of nitrogens with one attached hydrogen (secondary N) is 1. The van der Waals surface area contributed by atoms with E-state index in [0.717, 1.165) is 10.6 Å². The van der Waals surface area contributed by atoms with Gasteiger partial charge < -0.3 is 5.32 Å². The number of benzene rings is 1. The topological polar surface area (TPSA) is 76.1 Å². The maximum absolute atomic E-state index is 12.2. The van der Waals surface area contributed by atoms with Crippen LogP contribution in [0.3, 0.4) is 0 Å². The first kappa shape index (κ1) is 17.4. The first-order chi connectivity index (χ1) is 11.3. The van der Waals surface area contributed by atoms with E-state index in [1.165, 1.54) is 11.3 Å². The van der Waals surface area contributed by atoms with Crippen LogP contribution >= 0.6 is 22.9 Å². The molecule has 128 valence electrons. The number of amides is 1. The summed E-state index contributed by atoms with van der Waals surface area (Å²) in [7, 11) is -3.05. The van der Waals surface area contributed by atoms with Crippen LogP contribution in [-0.4, -0.2) is 36.4 Å². The summed E-state index contributed by atoms with van der Waals surface area (Å²) in [5, 5.41) is 6.04. The Morgan fingerprint density at radius 2 is 2.17 bits per heavy atom. The van der Waals surface area contributed by atoms with E-state index in [0.29, 0.717) is 17.1 Å². The third-order valence-electron chi connectivity index (χ3n) is 3.94. The highest BCUT2D eigenvalue weighted by molar-refractivity contribution is 7.91. The van der Waals surface area contributed by atoms with E-state index in [-0.39, 0.29) is 23.8 Å². The van der Waals surface area contributed by atoms with Crippen molar-refractivity contribution < 1.29 is 13.2 Å². The lowest BCUT2D eigenvalue weighted by Crippen LogP contribution is -2.47. The fourth-order valence-corrected chi connectivity index (χ4v) is 6.03. The first-order valence-corrected chi connectivity index (χ1v) is 10.6. The maximum Gasteiger partial charge on any atom is 0.226 e. The summed E-state index contributed by atoms with van der Waals surface area (Å²) in [5.41, 5.74) is 0.805. The predicted octanol–water partition coefficient (Wildman–Crippen LogP) is 2.70. The average Bonchev–Trinajstić information content (AvgIpc) is 3.03. The summed E-state index contributed by atoms with van der Waals surface area (Å²) in [6, 6.07) is 7.42. The first-order valence-electron chi connectivity index (χ1n) is 7.47. The molecule has 24 heavy (non-hydrogen) atoms. The molecule has 0 unspecified atom stereocenters. The van der Waals surface area contributed by atoms with Crippen molar-refractivity contribution in [3.8, 4) is 10.6 Å². The molecule has 1 fully saturated rings. The highest BCUT2D eigenvalue weighted by atomic mass is 35.5. The van der Waals surface area contributed by atoms with E-state index in [4.69, 9.17) is 11.6 Å². The van der Waals surface area contributed by atoms with Crippen LogP contribution < -0.4 is 5.32 Å². The zero-order chi connectivity index (χ0) is 17.4. The minimum absolute atomic E-state index is 0.00627. The van der Waals surface area contributed by atoms with Gasteiger partial charge in [-0.3, -0.25) is 4.79 Å². The van der Waals surface area contributed by atoms with E-state index in [1.54, 1.807) is 13.0 Å². The Morgan fingerprint density at radius 3 is 2.83 bits per heavy atom. The SMILES string of the molecule is C[C@@]1(NC(=O)Cc2csc(-c3ccccc3Cl)n2)CCS(=O)(=O)C1. The van der Waals surface area contributed by atoms with Gasteiger partial charge >= 0.3 is 0 Å². The molecule has 2 aromatic rings. The summed E-state index contributed by atoms with van der Waals surface area (Å²) >= 11 is 7.59. The molecule has 1 aromatic carbocycles. The molecular weight excluding hydrogens is 368 g/mol. The Hall–Kier alpha value is -1.44. The third-order valence-corrected chi connectivity index (χ3v) is 7.10. The van der Waals surface area contributed by atoms with Gasteiger partial charge in [0.2, 0.25) is 5.91 Å². The van der Waals surface area contributed by atoms with Gasteiger partial charge in [-0.25, -0.2) is 13.4 Å². The van der Waals surface area contributed by atoms with E-state index in [1.807, 2.05) is 23.6 Å². The molecule has 8 heteroatoms. The Balaban J connectivity index is 1.67. The van der Waals surface area contributed by atoms with Crippen LogP contribution in [0.4, 0.5) is 0 Å². The van der Waals surface area contributed by atoms with Crippen LogP contribution in [0.1, 0.15) is 19.0 Å². The van der Waals surface area contributed by atoms with Gasteiger partial charge in [0.1, 0.15) is 5.01 Å². The summed E-state index contributed by atoms with van der Waals surface area (Å²) < 4.78 is 23.2. The second-order valence-corrected chi connectivity index (χ2v) is 9.70. The van der Waals surface area contributed by atoms with E-state index in [2.05, 4.69) is 10.3 Å². The quantitative estimate of drug-likeness (QED) is 0.879. The van der Waals surface area contributed by atoms with E-state index < -0.39 is 15.4 Å². The number of sulfone groups is 1. The average molecular weight is 385 g/mol. The van der Waals surface area contributed by atoms with Gasteiger partial charge in [0.25, 0.3) is 0 Å². The molecule has 1 aliphatic heterocycles. The molecule has 2 heterocycles. The van der Waals surface area contributed by atoms with Crippen LogP contribution in [0, 0.1) is 0 Å². The number of nitrogens with zero attached hydrogens (tertiary/aromatic N) is 1. The summed E-state index contributed by atoms with van der Waals surface area (Å²) in [6.45, 7) is 1.77. The second kappa shape index (κ2) is 6.46. The summed E-state index contributed by atoms with van der Waals surface area (Å²) in [4.78, 5) is 16.7. The molecule has 1 atom stereocenters. The van der Waals surface area contributed by atoms with Gasteiger partial charge in [-0.2, -0.15) is 0 Å². The fraction of sp³-hybridized carbons (Fsp3) is 0.375. The number of thiazole rings is 1. The molecule has 1 amide bonds. The lowest BCUT2D eigenvalue weighted by molar-refractivity contribution is -0.121. The number of carbonyl (C=O) groups is 1. The van der Waals surface area contributed by atoms with Crippen LogP contribution in [-0.2, 0) is 21.1 Å². The molecule has 0 radical (unpaired) electrons. The van der Waals surface area contributed by atoms with Crippen molar-refractivity contribution in [2.24, 2.45) is 0 Å². The number of halogens is 1. The molecule has 1 aliphatic rings. The summed E-state index contributed by atoms with van der Waals surface area (Å²) in [6.07, 6.45) is 0.569. The largest absolute Gasteiger partial charge is 0.350 e. The number of carbonyl (C=O) groups excluding carboxylic acids is 1. The number of aromatic nitrogens is 1. The molecule has 0 bridgehead atoms. The van der Waals surface area contributed by atoms with Crippen LogP contribution in [0.15, 0.2) is 29.6 Å². The number of hydrogen-bond acceptors (Lipinski definition) is 5. The Bertz CT molecular complexity index is 879. The third kappa shape index (κ3) is 3.96. The van der Waals surface area contributed by atoms with Crippen molar-refractivity contribution in [2.75, 3.05) is 11.5 Å². The Kier molecular flexibility index (Phi) is 4.68. The molecule has 0 spiro atoms. The number of rotatable bonds is 4. The van der Waals surface area contributed by atoms with Gasteiger partial charge in [-0.05, 0) is 19.4 Å². The van der Waals surface area contributed by atoms with Crippen LogP contribution in [0.2, 0.25) is 5.02 Å². The monoisotopic (exact) mass is 384 g/mol. The summed E-state index contributed by atoms with van der Waals surface area (Å²) in [5.74, 6) is -0.101. The smallest absolute Gasteiger partial charge is 0.226 e. The van der Waals surface area contributed by atoms with Crippen molar-refractivity contribution in [1.82, 2.24) is 10.3 Å². The minimum Gasteiger partial charge on any atom is -0.350 e. The Labute approximate surface area is 150 Å². The minimum atomic E-state index is -3.05. The van der Waals surface area contributed by atoms with Crippen molar-refractivity contribution >= 4 is 38.7 Å². The normalized spacial score (nSPS) is 22.4. The maximum atomic E-state index is 12.2. The van der Waals surface area contributed by atoms with Crippen LogP contribution in [0.5, 0.6) is 0 Å². The zero-order valence-corrected chi connectivity index (χ0v) is 15.5. The second-order valence-electron chi connectivity index (χ2n) is 6.25. The molecule has 5 nitrogen and oxygen atoms in total. The van der Waals surface area contributed by atoms with Gasteiger partial charge in [0, 0.05) is 10.9 Å². The standard InChI is InChI=1S/C16H17ClN2O3S2/c1-16(6-7-24(21,22)10-16)19-14(20)8-11-9-23-15(18-11)12-4-2-3-5-13(12)17/h2-5,9H,6-8,10H2,1H3,(H,19,20)/t16-/m1/s1. The molecule has 3 rings (SSSR count). The van der Waals surface area contributed by atoms with Crippen molar-refractivity contribution in [1.29, 1.82) is 0 Å². The number of hydrogen-bond donors (Lipinski definition) is 1. The molecule has 1 N–H and O–H groups in total. The van der Waals surface area contributed by atoms with E-state index >= 15 is 0 Å². The Morgan fingerprint density at radius 1 is 1.42 bits per heavy atom. The van der Waals surface area contributed by atoms with Crippen LogP contribution in [0.25, 0.3) is 10.6 Å². The highest BCUT2D eigenvalue weighted by Crippen LogP contribution is 2.30. The predicted molar refractivity (Wildman–Crippen MR) is 96.1 cm³/mol. The van der Waals surface area contributed by atoms with Gasteiger partial charge in [-0.1, -0.05) is 29.8 Å². The molecule has 0 aliphatic carbocycles. The molecule has 0 saturated carbocycles. The highest BCUT2D eigenvalue weighted by Gasteiger charge is 2.39. The lowest BCUT2D eigenvalue weighted by Gasteiger charge is -2.23. The van der Waals surface area contributed by atoms with Gasteiger partial charge in [-0.15, -0.1) is 11.3 Å². The fourth-order valence-electron chi connectivity index (χ4n) is 2.80.